The van der Waals surface area contributed by atoms with Crippen molar-refractivity contribution in [3.8, 4) is 0 Å². The Morgan fingerprint density at radius 1 is 0.967 bits per heavy atom. The van der Waals surface area contributed by atoms with E-state index in [0.29, 0.717) is 16.9 Å². The van der Waals surface area contributed by atoms with Crippen molar-refractivity contribution in [3.05, 3.63) is 66.2 Å². The van der Waals surface area contributed by atoms with Crippen molar-refractivity contribution in [1.82, 2.24) is 9.97 Å². The average Bonchev–Trinajstić information content (AvgIpc) is 2.70. The molecule has 152 valence electrons. The van der Waals surface area contributed by atoms with Crippen molar-refractivity contribution in [3.63, 3.8) is 0 Å². The van der Waals surface area contributed by atoms with Gasteiger partial charge < -0.3 is 10.6 Å². The van der Waals surface area contributed by atoms with Gasteiger partial charge in [-0.3, -0.25) is 4.79 Å². The first kappa shape index (κ1) is 19.8. The monoisotopic (exact) mass is 420 g/mol. The van der Waals surface area contributed by atoms with Crippen molar-refractivity contribution in [1.29, 1.82) is 0 Å². The van der Waals surface area contributed by atoms with Crippen LogP contribution in [-0.4, -0.2) is 30.5 Å². The summed E-state index contributed by atoms with van der Waals surface area (Å²) >= 11 is 0. The first-order valence-electron chi connectivity index (χ1n) is 9.25. The molecule has 0 spiro atoms. The second-order valence-corrected chi connectivity index (χ2v) is 9.08. The maximum atomic E-state index is 12.5. The van der Waals surface area contributed by atoms with Crippen LogP contribution < -0.4 is 10.6 Å². The molecule has 0 saturated carbocycles. The highest BCUT2D eigenvalue weighted by Crippen LogP contribution is 2.30. The van der Waals surface area contributed by atoms with E-state index in [-0.39, 0.29) is 23.2 Å². The number of carbonyl (C=O) groups is 1. The summed E-state index contributed by atoms with van der Waals surface area (Å²) in [6, 6.07) is 18.1. The van der Waals surface area contributed by atoms with E-state index in [4.69, 9.17) is 5.73 Å². The van der Waals surface area contributed by atoms with Crippen LogP contribution in [0.3, 0.4) is 0 Å². The number of pyridine rings is 2. The van der Waals surface area contributed by atoms with Crippen LogP contribution in [0.15, 0.2) is 65.7 Å². The largest absolute Gasteiger partial charge is 0.384 e. The number of rotatable bonds is 4. The Kier molecular flexibility index (Phi) is 4.87. The van der Waals surface area contributed by atoms with Crippen LogP contribution in [0.5, 0.6) is 0 Å². The molecule has 4 rings (SSSR count). The van der Waals surface area contributed by atoms with Crippen molar-refractivity contribution >= 4 is 49.1 Å². The highest BCUT2D eigenvalue weighted by molar-refractivity contribution is 7.90. The van der Waals surface area contributed by atoms with E-state index in [1.165, 1.54) is 11.8 Å². The predicted molar refractivity (Wildman–Crippen MR) is 118 cm³/mol. The Hall–Kier alpha value is -3.52. The van der Waals surface area contributed by atoms with Gasteiger partial charge in [0.1, 0.15) is 5.82 Å². The number of nitrogens with zero attached hydrogens (tertiary/aromatic N) is 3. The number of amides is 1. The van der Waals surface area contributed by atoms with Crippen LogP contribution in [0.25, 0.3) is 21.8 Å². The molecule has 1 amide bonds. The number of fused-ring (bicyclic) bond motifs is 2. The van der Waals surface area contributed by atoms with Crippen LogP contribution in [0.1, 0.15) is 12.5 Å². The summed E-state index contributed by atoms with van der Waals surface area (Å²) in [5, 5.41) is 1.55. The van der Waals surface area contributed by atoms with E-state index >= 15 is 0 Å². The fourth-order valence-electron chi connectivity index (χ4n) is 3.38. The van der Waals surface area contributed by atoms with Gasteiger partial charge in [0.2, 0.25) is 5.91 Å². The van der Waals surface area contributed by atoms with E-state index < -0.39 is 9.84 Å². The molecule has 2 aromatic carbocycles. The molecule has 8 heteroatoms. The summed E-state index contributed by atoms with van der Waals surface area (Å²) in [5.74, 6) is 0.110. The second kappa shape index (κ2) is 7.38. The van der Waals surface area contributed by atoms with Crippen LogP contribution >= 0.6 is 0 Å². The summed E-state index contributed by atoms with van der Waals surface area (Å²) in [6.07, 6.45) is 1.09. The molecule has 4 aromatic rings. The number of nitrogen functional groups attached to an aromatic ring is 1. The second-order valence-electron chi connectivity index (χ2n) is 7.15. The van der Waals surface area contributed by atoms with Crippen molar-refractivity contribution in [2.45, 2.75) is 18.5 Å². The van der Waals surface area contributed by atoms with Gasteiger partial charge in [0.15, 0.2) is 14.9 Å². The molecule has 0 fully saturated rings. The molecule has 2 heterocycles. The fourth-order valence-corrected chi connectivity index (χ4v) is 4.19. The number of para-hydroxylation sites is 1. The molecule has 0 aliphatic carbocycles. The van der Waals surface area contributed by atoms with Gasteiger partial charge in [-0.15, -0.1) is 0 Å². The molecule has 0 aliphatic rings. The first-order valence-corrected chi connectivity index (χ1v) is 11.1. The highest BCUT2D eigenvalue weighted by atomic mass is 32.2. The van der Waals surface area contributed by atoms with Crippen LogP contribution in [0.4, 0.5) is 11.5 Å². The topological polar surface area (TPSA) is 106 Å². The zero-order valence-corrected chi connectivity index (χ0v) is 17.3. The smallest absolute Gasteiger partial charge is 0.224 e. The Labute approximate surface area is 174 Å². The van der Waals surface area contributed by atoms with Gasteiger partial charge in [0.05, 0.1) is 23.3 Å². The van der Waals surface area contributed by atoms with Gasteiger partial charge in [-0.25, -0.2) is 18.4 Å². The van der Waals surface area contributed by atoms with Crippen molar-refractivity contribution < 1.29 is 13.2 Å². The standard InChI is InChI=1S/C22H20N4O3S/c1-14(27)26(13-15-7-8-16-9-10-21(23)24-19(16)11-15)20-12-17-5-3-4-6-18(17)25-22(20)30(2,28)29/h3-12H,13H2,1-2H3,(H2,23,24). The fraction of sp³-hybridized carbons (Fsp3) is 0.136. The maximum absolute atomic E-state index is 12.5. The number of sulfone groups is 1. The van der Waals surface area contributed by atoms with Crippen molar-refractivity contribution in [2.75, 3.05) is 16.9 Å². The van der Waals surface area contributed by atoms with Crippen molar-refractivity contribution in [2.24, 2.45) is 0 Å². The molecule has 0 saturated heterocycles. The number of hydrogen-bond donors (Lipinski definition) is 1. The SMILES string of the molecule is CC(=O)N(Cc1ccc2ccc(N)nc2c1)c1cc2ccccc2nc1S(C)(=O)=O. The minimum absolute atomic E-state index is 0.125. The molecule has 0 bridgehead atoms. The molecule has 0 atom stereocenters. The lowest BCUT2D eigenvalue weighted by Gasteiger charge is -2.23. The van der Waals surface area contributed by atoms with Crippen LogP contribution in [0.2, 0.25) is 0 Å². The number of hydrogen-bond acceptors (Lipinski definition) is 6. The number of nitrogens with two attached hydrogens (primary N) is 1. The summed E-state index contributed by atoms with van der Waals surface area (Å²) in [7, 11) is -3.67. The Balaban J connectivity index is 1.85. The molecular weight excluding hydrogens is 400 g/mol. The zero-order chi connectivity index (χ0) is 21.5. The third-order valence-corrected chi connectivity index (χ3v) is 5.81. The predicted octanol–water partition coefficient (Wildman–Crippen LogP) is 3.32. The van der Waals surface area contributed by atoms with Gasteiger partial charge >= 0.3 is 0 Å². The van der Waals surface area contributed by atoms with Crippen LogP contribution in [-0.2, 0) is 21.2 Å². The Morgan fingerprint density at radius 2 is 1.70 bits per heavy atom. The quantitative estimate of drug-likeness (QED) is 0.543. The lowest BCUT2D eigenvalue weighted by Crippen LogP contribution is -2.29. The first-order chi connectivity index (χ1) is 14.2. The van der Waals surface area contributed by atoms with Crippen LogP contribution in [0, 0.1) is 0 Å². The molecule has 30 heavy (non-hydrogen) atoms. The third-order valence-electron chi connectivity index (χ3n) is 4.81. The normalized spacial score (nSPS) is 11.7. The summed E-state index contributed by atoms with van der Waals surface area (Å²) < 4.78 is 24.9. The minimum atomic E-state index is -3.67. The summed E-state index contributed by atoms with van der Waals surface area (Å²) in [6.45, 7) is 1.57. The van der Waals surface area contributed by atoms with Gasteiger partial charge in [-0.2, -0.15) is 0 Å². The van der Waals surface area contributed by atoms with Gasteiger partial charge in [-0.05, 0) is 35.9 Å². The van der Waals surface area contributed by atoms with E-state index in [1.807, 2.05) is 36.4 Å². The lowest BCUT2D eigenvalue weighted by molar-refractivity contribution is -0.116. The molecule has 2 N–H and O–H groups in total. The maximum Gasteiger partial charge on any atom is 0.224 e. The highest BCUT2D eigenvalue weighted by Gasteiger charge is 2.24. The number of aromatic nitrogens is 2. The Morgan fingerprint density at radius 3 is 2.43 bits per heavy atom. The third kappa shape index (κ3) is 3.81. The van der Waals surface area contributed by atoms with E-state index in [2.05, 4.69) is 9.97 Å². The van der Waals surface area contributed by atoms with Gasteiger partial charge in [-0.1, -0.05) is 30.3 Å². The molecular formula is C22H20N4O3S. The average molecular weight is 420 g/mol. The van der Waals surface area contributed by atoms with Gasteiger partial charge in [0.25, 0.3) is 0 Å². The van der Waals surface area contributed by atoms with E-state index in [9.17, 15) is 13.2 Å². The molecule has 7 nitrogen and oxygen atoms in total. The summed E-state index contributed by atoms with van der Waals surface area (Å²) in [5.41, 5.74) is 8.09. The van der Waals surface area contributed by atoms with Gasteiger partial charge in [0, 0.05) is 24.0 Å². The minimum Gasteiger partial charge on any atom is -0.384 e. The summed E-state index contributed by atoms with van der Waals surface area (Å²) in [4.78, 5) is 22.6. The number of anilines is 2. The lowest BCUT2D eigenvalue weighted by atomic mass is 10.1. The molecule has 0 aliphatic heterocycles. The Bertz CT molecular complexity index is 1400. The molecule has 0 unspecified atom stereocenters. The van der Waals surface area contributed by atoms with E-state index in [0.717, 1.165) is 22.6 Å². The molecule has 0 radical (unpaired) electrons. The zero-order valence-electron chi connectivity index (χ0n) is 16.5. The molecule has 2 aromatic heterocycles. The van der Waals surface area contributed by atoms with E-state index in [1.54, 1.807) is 24.3 Å². The number of benzene rings is 2. The number of carbonyl (C=O) groups excluding carboxylic acids is 1.